The Bertz CT molecular complexity index is 879. The molecule has 0 spiro atoms. The van der Waals surface area contributed by atoms with Crippen LogP contribution in [-0.2, 0) is 22.0 Å². The Kier molecular flexibility index (Phi) is 6.38. The van der Waals surface area contributed by atoms with Crippen molar-refractivity contribution in [2.24, 2.45) is 0 Å². The molecule has 0 aliphatic heterocycles. The van der Waals surface area contributed by atoms with Crippen molar-refractivity contribution in [1.29, 1.82) is 0 Å². The zero-order valence-electron chi connectivity index (χ0n) is 17.4. The van der Waals surface area contributed by atoms with E-state index in [-0.39, 0.29) is 11.3 Å². The molecule has 0 heterocycles. The van der Waals surface area contributed by atoms with Gasteiger partial charge in [0.25, 0.3) is 0 Å². The lowest BCUT2D eigenvalue weighted by atomic mass is 9.87. The second-order valence-corrected chi connectivity index (χ2v) is 10.3. The average Bonchev–Trinajstić information content (AvgIpc) is 2.60. The number of hydrogen-bond acceptors (Lipinski definition) is 3. The van der Waals surface area contributed by atoms with E-state index in [0.29, 0.717) is 17.2 Å². The maximum Gasteiger partial charge on any atom is 0.243 e. The number of nitrogens with zero attached hydrogens (tertiary/aromatic N) is 1. The van der Waals surface area contributed by atoms with Crippen LogP contribution in [0.2, 0.25) is 0 Å². The van der Waals surface area contributed by atoms with Crippen LogP contribution in [0.25, 0.3) is 0 Å². The van der Waals surface area contributed by atoms with Crippen molar-refractivity contribution in [3.63, 3.8) is 0 Å². The van der Waals surface area contributed by atoms with E-state index in [0.717, 1.165) is 11.1 Å². The van der Waals surface area contributed by atoms with Gasteiger partial charge in [0, 0.05) is 13.6 Å². The molecular formula is C22H31NO3S. The normalized spacial score (nSPS) is 12.6. The lowest BCUT2D eigenvalue weighted by Gasteiger charge is -2.21. The Morgan fingerprint density at radius 2 is 1.63 bits per heavy atom. The quantitative estimate of drug-likeness (QED) is 0.703. The standard InChI is InChI=1S/C22H31NO3S/c1-16(2)20-14-19(12-13-21(20)26-7)27(24,25)23(6)15-17-8-10-18(11-9-17)22(3,4)5/h8-14,16H,15H2,1-7H3. The van der Waals surface area contributed by atoms with Crippen LogP contribution in [0.4, 0.5) is 0 Å². The zero-order chi connectivity index (χ0) is 20.4. The number of benzene rings is 2. The highest BCUT2D eigenvalue weighted by Gasteiger charge is 2.23. The molecule has 0 aliphatic carbocycles. The van der Waals surface area contributed by atoms with Gasteiger partial charge in [-0.15, -0.1) is 0 Å². The smallest absolute Gasteiger partial charge is 0.243 e. The highest BCUT2D eigenvalue weighted by molar-refractivity contribution is 7.89. The molecule has 5 heteroatoms. The minimum Gasteiger partial charge on any atom is -0.496 e. The van der Waals surface area contributed by atoms with Crippen molar-refractivity contribution in [1.82, 2.24) is 4.31 Å². The molecule has 0 aliphatic rings. The number of rotatable bonds is 6. The fraction of sp³-hybridized carbons (Fsp3) is 0.455. The Labute approximate surface area is 164 Å². The molecule has 2 rings (SSSR count). The lowest BCUT2D eigenvalue weighted by Crippen LogP contribution is -2.26. The molecule has 0 aromatic heterocycles. The lowest BCUT2D eigenvalue weighted by molar-refractivity contribution is 0.407. The van der Waals surface area contributed by atoms with Crippen LogP contribution in [0.5, 0.6) is 5.75 Å². The SMILES string of the molecule is COc1ccc(S(=O)(=O)N(C)Cc2ccc(C(C)(C)C)cc2)cc1C(C)C. The monoisotopic (exact) mass is 389 g/mol. The fourth-order valence-electron chi connectivity index (χ4n) is 2.96. The summed E-state index contributed by atoms with van der Waals surface area (Å²) in [5, 5.41) is 0. The molecule has 4 nitrogen and oxygen atoms in total. The van der Waals surface area contributed by atoms with Crippen LogP contribution in [0.15, 0.2) is 47.4 Å². The third kappa shape index (κ3) is 4.90. The largest absolute Gasteiger partial charge is 0.496 e. The van der Waals surface area contributed by atoms with Gasteiger partial charge < -0.3 is 4.74 Å². The second-order valence-electron chi connectivity index (χ2n) is 8.27. The van der Waals surface area contributed by atoms with Gasteiger partial charge in [-0.2, -0.15) is 4.31 Å². The first-order valence-electron chi connectivity index (χ1n) is 9.20. The minimum absolute atomic E-state index is 0.0762. The summed E-state index contributed by atoms with van der Waals surface area (Å²) in [7, 11) is -0.362. The summed E-state index contributed by atoms with van der Waals surface area (Å²) in [6.07, 6.45) is 0. The Morgan fingerprint density at radius 3 is 2.11 bits per heavy atom. The third-order valence-electron chi connectivity index (χ3n) is 4.76. The van der Waals surface area contributed by atoms with Gasteiger partial charge in [0.15, 0.2) is 0 Å². The summed E-state index contributed by atoms with van der Waals surface area (Å²) in [5.74, 6) is 0.884. The van der Waals surface area contributed by atoms with E-state index in [4.69, 9.17) is 4.74 Å². The maximum absolute atomic E-state index is 13.0. The molecule has 0 unspecified atom stereocenters. The van der Waals surface area contributed by atoms with Gasteiger partial charge in [0.1, 0.15) is 5.75 Å². The van der Waals surface area contributed by atoms with Crippen LogP contribution in [0.3, 0.4) is 0 Å². The highest BCUT2D eigenvalue weighted by Crippen LogP contribution is 2.30. The molecule has 2 aromatic rings. The van der Waals surface area contributed by atoms with Gasteiger partial charge in [0.05, 0.1) is 12.0 Å². The van der Waals surface area contributed by atoms with Crippen molar-refractivity contribution in [3.05, 3.63) is 59.2 Å². The van der Waals surface area contributed by atoms with E-state index in [2.05, 4.69) is 32.9 Å². The molecular weight excluding hydrogens is 358 g/mol. The predicted octanol–water partition coefficient (Wildman–Crippen LogP) is 4.94. The summed E-state index contributed by atoms with van der Waals surface area (Å²) >= 11 is 0. The van der Waals surface area contributed by atoms with Crippen molar-refractivity contribution in [2.45, 2.75) is 57.4 Å². The molecule has 0 atom stereocenters. The van der Waals surface area contributed by atoms with Gasteiger partial charge in [0.2, 0.25) is 10.0 Å². The van der Waals surface area contributed by atoms with E-state index in [1.165, 1.54) is 9.87 Å². The Morgan fingerprint density at radius 1 is 1.04 bits per heavy atom. The predicted molar refractivity (Wildman–Crippen MR) is 111 cm³/mol. The summed E-state index contributed by atoms with van der Waals surface area (Å²) in [4.78, 5) is 0.292. The molecule has 0 saturated carbocycles. The Balaban J connectivity index is 2.27. The molecule has 2 aromatic carbocycles. The number of hydrogen-bond donors (Lipinski definition) is 0. The van der Waals surface area contributed by atoms with Crippen LogP contribution < -0.4 is 4.74 Å². The topological polar surface area (TPSA) is 46.6 Å². The van der Waals surface area contributed by atoms with Crippen molar-refractivity contribution < 1.29 is 13.2 Å². The van der Waals surface area contributed by atoms with Gasteiger partial charge in [-0.25, -0.2) is 8.42 Å². The summed E-state index contributed by atoms with van der Waals surface area (Å²) in [5.41, 5.74) is 3.16. The van der Waals surface area contributed by atoms with Gasteiger partial charge in [-0.05, 0) is 46.2 Å². The average molecular weight is 390 g/mol. The van der Waals surface area contributed by atoms with Gasteiger partial charge >= 0.3 is 0 Å². The molecule has 0 fully saturated rings. The first-order chi connectivity index (χ1) is 12.5. The van der Waals surface area contributed by atoms with Gasteiger partial charge in [-0.1, -0.05) is 58.9 Å². The van der Waals surface area contributed by atoms with Crippen molar-refractivity contribution in [2.75, 3.05) is 14.2 Å². The van der Waals surface area contributed by atoms with Crippen molar-refractivity contribution >= 4 is 10.0 Å². The zero-order valence-corrected chi connectivity index (χ0v) is 18.2. The highest BCUT2D eigenvalue weighted by atomic mass is 32.2. The van der Waals surface area contributed by atoms with E-state index in [9.17, 15) is 8.42 Å². The summed E-state index contributed by atoms with van der Waals surface area (Å²) in [6.45, 7) is 10.9. The van der Waals surface area contributed by atoms with Crippen LogP contribution in [0.1, 0.15) is 57.2 Å². The molecule has 0 saturated heterocycles. The third-order valence-corrected chi connectivity index (χ3v) is 6.56. The van der Waals surface area contributed by atoms with E-state index in [1.54, 1.807) is 32.4 Å². The van der Waals surface area contributed by atoms with Gasteiger partial charge in [-0.3, -0.25) is 0 Å². The minimum atomic E-state index is -3.58. The number of ether oxygens (including phenoxy) is 1. The van der Waals surface area contributed by atoms with E-state index < -0.39 is 10.0 Å². The molecule has 0 amide bonds. The van der Waals surface area contributed by atoms with Crippen molar-refractivity contribution in [3.8, 4) is 5.75 Å². The fourth-order valence-corrected chi connectivity index (χ4v) is 4.15. The summed E-state index contributed by atoms with van der Waals surface area (Å²) in [6, 6.07) is 13.2. The van der Waals surface area contributed by atoms with Crippen LogP contribution in [-0.4, -0.2) is 26.9 Å². The molecule has 148 valence electrons. The first kappa shape index (κ1) is 21.5. The molecule has 0 N–H and O–H groups in total. The molecule has 27 heavy (non-hydrogen) atoms. The molecule has 0 bridgehead atoms. The second kappa shape index (κ2) is 8.03. The number of methoxy groups -OCH3 is 1. The summed E-state index contributed by atoms with van der Waals surface area (Å²) < 4.78 is 32.8. The van der Waals surface area contributed by atoms with Crippen LogP contribution >= 0.6 is 0 Å². The first-order valence-corrected chi connectivity index (χ1v) is 10.6. The van der Waals surface area contributed by atoms with Crippen LogP contribution in [0, 0.1) is 0 Å². The molecule has 0 radical (unpaired) electrons. The maximum atomic E-state index is 13.0. The van der Waals surface area contributed by atoms with E-state index in [1.807, 2.05) is 26.0 Å². The number of sulfonamides is 1. The van der Waals surface area contributed by atoms with E-state index >= 15 is 0 Å². The Hall–Kier alpha value is -1.85.